The van der Waals surface area contributed by atoms with Crippen LogP contribution in [0.2, 0.25) is 0 Å². The standard InChI is InChI=1S/C10H10F2N2O/c1-7-4-8(2-3-13-7)9(15)14-5-10(11,12)6-14/h2-4H,5-6H2,1H3. The molecule has 0 saturated carbocycles. The van der Waals surface area contributed by atoms with Crippen molar-refractivity contribution in [3.63, 3.8) is 0 Å². The lowest BCUT2D eigenvalue weighted by molar-refractivity contribution is -0.113. The number of nitrogens with zero attached hydrogens (tertiary/aromatic N) is 2. The van der Waals surface area contributed by atoms with Crippen LogP contribution in [0.5, 0.6) is 0 Å². The van der Waals surface area contributed by atoms with Crippen molar-refractivity contribution in [2.75, 3.05) is 13.1 Å². The van der Waals surface area contributed by atoms with Gasteiger partial charge in [0.2, 0.25) is 0 Å². The molecule has 1 saturated heterocycles. The Hall–Kier alpha value is -1.52. The van der Waals surface area contributed by atoms with Crippen molar-refractivity contribution in [1.29, 1.82) is 0 Å². The highest BCUT2D eigenvalue weighted by molar-refractivity contribution is 5.94. The second-order valence-electron chi connectivity index (χ2n) is 3.70. The van der Waals surface area contributed by atoms with Crippen molar-refractivity contribution in [3.05, 3.63) is 29.6 Å². The summed E-state index contributed by atoms with van der Waals surface area (Å²) in [6.07, 6.45) is 1.50. The number of rotatable bonds is 1. The van der Waals surface area contributed by atoms with Gasteiger partial charge in [-0.1, -0.05) is 0 Å². The lowest BCUT2D eigenvalue weighted by Gasteiger charge is -2.38. The first-order valence-corrected chi connectivity index (χ1v) is 4.58. The van der Waals surface area contributed by atoms with E-state index in [1.54, 1.807) is 13.0 Å². The molecule has 0 radical (unpaired) electrons. The smallest absolute Gasteiger partial charge is 0.282 e. The maximum atomic E-state index is 12.5. The van der Waals surface area contributed by atoms with Crippen molar-refractivity contribution in [3.8, 4) is 0 Å². The second kappa shape index (κ2) is 3.25. The van der Waals surface area contributed by atoms with E-state index in [9.17, 15) is 13.6 Å². The molecule has 0 aliphatic carbocycles. The molecule has 1 amide bonds. The summed E-state index contributed by atoms with van der Waals surface area (Å²) in [5, 5.41) is 0. The number of carbonyl (C=O) groups is 1. The van der Waals surface area contributed by atoms with Crippen LogP contribution in [0, 0.1) is 6.92 Å². The molecule has 80 valence electrons. The van der Waals surface area contributed by atoms with Gasteiger partial charge in [-0.05, 0) is 19.1 Å². The predicted molar refractivity (Wildman–Crippen MR) is 49.8 cm³/mol. The molecular weight excluding hydrogens is 202 g/mol. The second-order valence-corrected chi connectivity index (χ2v) is 3.70. The molecular formula is C10H10F2N2O. The largest absolute Gasteiger partial charge is 0.326 e. The van der Waals surface area contributed by atoms with E-state index in [4.69, 9.17) is 0 Å². The first kappa shape index (κ1) is 10.0. The number of amides is 1. The van der Waals surface area contributed by atoms with Crippen molar-refractivity contribution >= 4 is 5.91 Å². The Balaban J connectivity index is 2.10. The Morgan fingerprint density at radius 3 is 2.73 bits per heavy atom. The average molecular weight is 212 g/mol. The van der Waals surface area contributed by atoms with Gasteiger partial charge in [0, 0.05) is 17.5 Å². The summed E-state index contributed by atoms with van der Waals surface area (Å²) in [5.41, 5.74) is 1.12. The van der Waals surface area contributed by atoms with Gasteiger partial charge < -0.3 is 4.90 Å². The number of aryl methyl sites for hydroxylation is 1. The molecule has 0 unspecified atom stereocenters. The van der Waals surface area contributed by atoms with Gasteiger partial charge in [-0.2, -0.15) is 0 Å². The Labute approximate surface area is 85.7 Å². The Bertz CT molecular complexity index is 398. The Morgan fingerprint density at radius 2 is 2.20 bits per heavy atom. The molecule has 0 atom stereocenters. The highest BCUT2D eigenvalue weighted by atomic mass is 19.3. The van der Waals surface area contributed by atoms with Crippen LogP contribution in [0.15, 0.2) is 18.3 Å². The van der Waals surface area contributed by atoms with Gasteiger partial charge >= 0.3 is 0 Å². The summed E-state index contributed by atoms with van der Waals surface area (Å²) in [4.78, 5) is 16.7. The third-order valence-corrected chi connectivity index (χ3v) is 2.28. The quantitative estimate of drug-likeness (QED) is 0.706. The molecule has 1 fully saturated rings. The minimum atomic E-state index is -2.71. The molecule has 1 aromatic rings. The number of aromatic nitrogens is 1. The van der Waals surface area contributed by atoms with E-state index >= 15 is 0 Å². The third kappa shape index (κ3) is 1.95. The average Bonchev–Trinajstić information content (AvgIpc) is 2.13. The van der Waals surface area contributed by atoms with E-state index in [0.717, 1.165) is 4.90 Å². The van der Waals surface area contributed by atoms with E-state index in [1.165, 1.54) is 12.3 Å². The SMILES string of the molecule is Cc1cc(C(=O)N2CC(F)(F)C2)ccn1. The minimum Gasteiger partial charge on any atom is -0.326 e. The van der Waals surface area contributed by atoms with Crippen LogP contribution < -0.4 is 0 Å². The molecule has 5 heteroatoms. The number of alkyl halides is 2. The molecule has 1 aromatic heterocycles. The van der Waals surface area contributed by atoms with Gasteiger partial charge in [0.1, 0.15) is 0 Å². The number of pyridine rings is 1. The first-order chi connectivity index (χ1) is 6.98. The van der Waals surface area contributed by atoms with Crippen molar-refractivity contribution < 1.29 is 13.6 Å². The molecule has 3 nitrogen and oxygen atoms in total. The summed E-state index contributed by atoms with van der Waals surface area (Å²) in [5.74, 6) is -3.07. The summed E-state index contributed by atoms with van der Waals surface area (Å²) in [7, 11) is 0. The molecule has 0 spiro atoms. The van der Waals surface area contributed by atoms with Gasteiger partial charge in [-0.3, -0.25) is 9.78 Å². The highest BCUT2D eigenvalue weighted by Crippen LogP contribution is 2.27. The van der Waals surface area contributed by atoms with Gasteiger partial charge in [-0.15, -0.1) is 0 Å². The number of likely N-dealkylation sites (tertiary alicyclic amines) is 1. The third-order valence-electron chi connectivity index (χ3n) is 2.28. The number of hydrogen-bond acceptors (Lipinski definition) is 2. The normalized spacial score (nSPS) is 18.5. The van der Waals surface area contributed by atoms with E-state index in [1.807, 2.05) is 0 Å². The minimum absolute atomic E-state index is 0.355. The van der Waals surface area contributed by atoms with Crippen LogP contribution in [0.1, 0.15) is 16.1 Å². The van der Waals surface area contributed by atoms with Crippen LogP contribution in [-0.2, 0) is 0 Å². The van der Waals surface area contributed by atoms with Gasteiger partial charge in [0.05, 0.1) is 13.1 Å². The van der Waals surface area contributed by atoms with Crippen molar-refractivity contribution in [2.45, 2.75) is 12.8 Å². The highest BCUT2D eigenvalue weighted by Gasteiger charge is 2.46. The molecule has 1 aliphatic heterocycles. The molecule has 1 aliphatic rings. The van der Waals surface area contributed by atoms with Crippen LogP contribution >= 0.6 is 0 Å². The van der Waals surface area contributed by atoms with Crippen LogP contribution in [0.4, 0.5) is 8.78 Å². The fraction of sp³-hybridized carbons (Fsp3) is 0.400. The first-order valence-electron chi connectivity index (χ1n) is 4.58. The zero-order valence-electron chi connectivity index (χ0n) is 8.20. The van der Waals surface area contributed by atoms with Crippen molar-refractivity contribution in [1.82, 2.24) is 9.88 Å². The van der Waals surface area contributed by atoms with Crippen molar-refractivity contribution in [2.24, 2.45) is 0 Å². The number of halogens is 2. The molecule has 15 heavy (non-hydrogen) atoms. The Kier molecular flexibility index (Phi) is 2.17. The fourth-order valence-corrected chi connectivity index (χ4v) is 1.52. The molecule has 0 N–H and O–H groups in total. The Morgan fingerprint density at radius 1 is 1.53 bits per heavy atom. The molecule has 2 rings (SSSR count). The molecule has 0 bridgehead atoms. The number of carbonyl (C=O) groups excluding carboxylic acids is 1. The fourth-order valence-electron chi connectivity index (χ4n) is 1.52. The predicted octanol–water partition coefficient (Wildman–Crippen LogP) is 1.48. The van der Waals surface area contributed by atoms with Crippen LogP contribution in [-0.4, -0.2) is 34.8 Å². The maximum absolute atomic E-state index is 12.5. The lowest BCUT2D eigenvalue weighted by atomic mass is 10.1. The summed E-state index contributed by atoms with van der Waals surface area (Å²) < 4.78 is 25.1. The van der Waals surface area contributed by atoms with Crippen LogP contribution in [0.25, 0.3) is 0 Å². The van der Waals surface area contributed by atoms with Crippen LogP contribution in [0.3, 0.4) is 0 Å². The van der Waals surface area contributed by atoms with Gasteiger partial charge in [-0.25, -0.2) is 8.78 Å². The van der Waals surface area contributed by atoms with E-state index in [2.05, 4.69) is 4.98 Å². The monoisotopic (exact) mass is 212 g/mol. The van der Waals surface area contributed by atoms with E-state index in [0.29, 0.717) is 11.3 Å². The number of hydrogen-bond donors (Lipinski definition) is 0. The lowest BCUT2D eigenvalue weighted by Crippen LogP contribution is -2.58. The topological polar surface area (TPSA) is 33.2 Å². The summed E-state index contributed by atoms with van der Waals surface area (Å²) >= 11 is 0. The zero-order valence-corrected chi connectivity index (χ0v) is 8.20. The summed E-state index contributed by atoms with van der Waals surface area (Å²) in [6.45, 7) is 0.794. The summed E-state index contributed by atoms with van der Waals surface area (Å²) in [6, 6.07) is 3.13. The van der Waals surface area contributed by atoms with E-state index in [-0.39, 0.29) is 5.91 Å². The van der Waals surface area contributed by atoms with E-state index < -0.39 is 19.0 Å². The zero-order chi connectivity index (χ0) is 11.1. The maximum Gasteiger partial charge on any atom is 0.282 e. The molecule has 0 aromatic carbocycles. The van der Waals surface area contributed by atoms with Gasteiger partial charge in [0.15, 0.2) is 0 Å². The molecule has 2 heterocycles. The van der Waals surface area contributed by atoms with Gasteiger partial charge in [0.25, 0.3) is 11.8 Å².